The fourth-order valence-electron chi connectivity index (χ4n) is 2.20. The third kappa shape index (κ3) is 4.63. The highest BCUT2D eigenvalue weighted by molar-refractivity contribution is 5.80. The van der Waals surface area contributed by atoms with Crippen LogP contribution in [0.25, 0.3) is 0 Å². The topological polar surface area (TPSA) is 69.6 Å². The number of nitrogens with zero attached hydrogens (tertiary/aromatic N) is 1. The van der Waals surface area contributed by atoms with E-state index in [1.807, 2.05) is 0 Å². The van der Waals surface area contributed by atoms with Gasteiger partial charge in [-0.2, -0.15) is 0 Å². The van der Waals surface area contributed by atoms with Crippen molar-refractivity contribution in [2.75, 3.05) is 13.1 Å². The molecular weight excluding hydrogens is 220 g/mol. The van der Waals surface area contributed by atoms with E-state index >= 15 is 0 Å². The Morgan fingerprint density at radius 3 is 2.53 bits per heavy atom. The Balaban J connectivity index is 2.48. The van der Waals surface area contributed by atoms with Crippen LogP contribution < -0.4 is 5.32 Å². The maximum Gasteiger partial charge on any atom is 0.323 e. The van der Waals surface area contributed by atoms with E-state index in [9.17, 15) is 9.59 Å². The van der Waals surface area contributed by atoms with E-state index < -0.39 is 5.97 Å². The summed E-state index contributed by atoms with van der Waals surface area (Å²) in [6, 6.07) is -0.125. The molecule has 5 heteroatoms. The predicted octanol–water partition coefficient (Wildman–Crippen LogP) is 1.83. The van der Waals surface area contributed by atoms with Crippen molar-refractivity contribution in [1.82, 2.24) is 10.2 Å². The van der Waals surface area contributed by atoms with Crippen molar-refractivity contribution < 1.29 is 14.7 Å². The molecule has 0 aromatic carbocycles. The van der Waals surface area contributed by atoms with Gasteiger partial charge in [0.2, 0.25) is 0 Å². The normalized spacial score (nSPS) is 15.8. The number of aliphatic carboxylic acids is 1. The second-order valence-electron chi connectivity index (χ2n) is 4.55. The molecule has 0 heterocycles. The maximum absolute atomic E-state index is 11.9. The van der Waals surface area contributed by atoms with Gasteiger partial charge in [-0.1, -0.05) is 26.2 Å². The molecular formula is C12H22N2O3. The van der Waals surface area contributed by atoms with Gasteiger partial charge in [0, 0.05) is 12.6 Å². The van der Waals surface area contributed by atoms with Crippen LogP contribution in [0.5, 0.6) is 0 Å². The first-order valence-electron chi connectivity index (χ1n) is 6.41. The number of carboxylic acids is 1. The molecule has 0 bridgehead atoms. The molecule has 0 aromatic heterocycles. The van der Waals surface area contributed by atoms with Gasteiger partial charge in [-0.05, 0) is 19.3 Å². The van der Waals surface area contributed by atoms with Gasteiger partial charge in [0.05, 0.1) is 0 Å². The van der Waals surface area contributed by atoms with Crippen molar-refractivity contribution in [2.45, 2.75) is 51.5 Å². The minimum absolute atomic E-state index is 0.104. The summed E-state index contributed by atoms with van der Waals surface area (Å²) in [5.41, 5.74) is 0. The predicted molar refractivity (Wildman–Crippen MR) is 64.9 cm³/mol. The van der Waals surface area contributed by atoms with Gasteiger partial charge in [-0.25, -0.2) is 4.79 Å². The smallest absolute Gasteiger partial charge is 0.323 e. The van der Waals surface area contributed by atoms with Gasteiger partial charge >= 0.3 is 12.0 Å². The third-order valence-corrected chi connectivity index (χ3v) is 3.14. The number of carbonyl (C=O) groups excluding carboxylic acids is 1. The molecule has 2 N–H and O–H groups in total. The summed E-state index contributed by atoms with van der Waals surface area (Å²) in [6.07, 6.45) is 5.97. The van der Waals surface area contributed by atoms with Gasteiger partial charge in [0.15, 0.2) is 0 Å². The lowest BCUT2D eigenvalue weighted by atomic mass is 10.2. The second kappa shape index (κ2) is 7.14. The SMILES string of the molecule is CCCCNC(=O)N(CC(=O)O)C1CCCC1. The van der Waals surface area contributed by atoms with E-state index in [0.29, 0.717) is 6.54 Å². The summed E-state index contributed by atoms with van der Waals surface area (Å²) in [5.74, 6) is -0.942. The van der Waals surface area contributed by atoms with Gasteiger partial charge in [0.1, 0.15) is 6.54 Å². The van der Waals surface area contributed by atoms with Crippen LogP contribution in [0.2, 0.25) is 0 Å². The average Bonchev–Trinajstić information content (AvgIpc) is 2.79. The number of nitrogens with one attached hydrogen (secondary N) is 1. The molecule has 0 saturated heterocycles. The van der Waals surface area contributed by atoms with E-state index in [-0.39, 0.29) is 18.6 Å². The van der Waals surface area contributed by atoms with Gasteiger partial charge in [-0.3, -0.25) is 4.79 Å². The van der Waals surface area contributed by atoms with E-state index in [1.165, 1.54) is 4.90 Å². The molecule has 0 radical (unpaired) electrons. The number of amides is 2. The molecule has 1 fully saturated rings. The van der Waals surface area contributed by atoms with Crippen molar-refractivity contribution >= 4 is 12.0 Å². The molecule has 1 aliphatic rings. The number of unbranched alkanes of at least 4 members (excludes halogenated alkanes) is 1. The molecule has 0 spiro atoms. The summed E-state index contributed by atoms with van der Waals surface area (Å²) in [7, 11) is 0. The Morgan fingerprint density at radius 1 is 1.35 bits per heavy atom. The van der Waals surface area contributed by atoms with Crippen LogP contribution in [-0.2, 0) is 4.79 Å². The van der Waals surface area contributed by atoms with E-state index in [2.05, 4.69) is 12.2 Å². The number of carbonyl (C=O) groups is 2. The lowest BCUT2D eigenvalue weighted by Gasteiger charge is -2.27. The fraction of sp³-hybridized carbons (Fsp3) is 0.833. The van der Waals surface area contributed by atoms with Crippen LogP contribution in [0.15, 0.2) is 0 Å². The molecule has 2 amide bonds. The summed E-state index contributed by atoms with van der Waals surface area (Å²) >= 11 is 0. The Hall–Kier alpha value is -1.26. The van der Waals surface area contributed by atoms with Crippen LogP contribution in [0.1, 0.15) is 45.4 Å². The van der Waals surface area contributed by atoms with Crippen LogP contribution in [-0.4, -0.2) is 41.1 Å². The zero-order valence-corrected chi connectivity index (χ0v) is 10.4. The first kappa shape index (κ1) is 13.8. The Labute approximate surface area is 102 Å². The summed E-state index contributed by atoms with van der Waals surface area (Å²) in [4.78, 5) is 24.1. The third-order valence-electron chi connectivity index (χ3n) is 3.14. The molecule has 5 nitrogen and oxygen atoms in total. The van der Waals surface area contributed by atoms with Gasteiger partial charge in [-0.15, -0.1) is 0 Å². The molecule has 1 rings (SSSR count). The van der Waals surface area contributed by atoms with E-state index in [4.69, 9.17) is 5.11 Å². The number of hydrogen-bond acceptors (Lipinski definition) is 2. The lowest BCUT2D eigenvalue weighted by molar-refractivity contribution is -0.138. The minimum atomic E-state index is -0.942. The Morgan fingerprint density at radius 2 is 2.00 bits per heavy atom. The fourth-order valence-corrected chi connectivity index (χ4v) is 2.20. The molecule has 0 atom stereocenters. The van der Waals surface area contributed by atoms with E-state index in [1.54, 1.807) is 0 Å². The molecule has 1 aliphatic carbocycles. The number of carboxylic acid groups (broad SMARTS) is 1. The monoisotopic (exact) mass is 242 g/mol. The van der Waals surface area contributed by atoms with Crippen molar-refractivity contribution in [2.24, 2.45) is 0 Å². The largest absolute Gasteiger partial charge is 0.480 e. The van der Waals surface area contributed by atoms with Crippen molar-refractivity contribution in [3.63, 3.8) is 0 Å². The van der Waals surface area contributed by atoms with Gasteiger partial charge < -0.3 is 15.3 Å². The van der Waals surface area contributed by atoms with Crippen LogP contribution in [0.3, 0.4) is 0 Å². The highest BCUT2D eigenvalue weighted by Gasteiger charge is 2.27. The molecule has 0 aromatic rings. The highest BCUT2D eigenvalue weighted by atomic mass is 16.4. The summed E-state index contributed by atoms with van der Waals surface area (Å²) in [5, 5.41) is 11.6. The highest BCUT2D eigenvalue weighted by Crippen LogP contribution is 2.23. The van der Waals surface area contributed by atoms with Crippen molar-refractivity contribution in [3.05, 3.63) is 0 Å². The average molecular weight is 242 g/mol. The molecule has 98 valence electrons. The first-order chi connectivity index (χ1) is 8.15. The quantitative estimate of drug-likeness (QED) is 0.698. The molecule has 0 aliphatic heterocycles. The number of urea groups is 1. The van der Waals surface area contributed by atoms with Crippen molar-refractivity contribution in [3.8, 4) is 0 Å². The van der Waals surface area contributed by atoms with Crippen LogP contribution in [0.4, 0.5) is 4.79 Å². The maximum atomic E-state index is 11.9. The lowest BCUT2D eigenvalue weighted by Crippen LogP contribution is -2.47. The number of hydrogen-bond donors (Lipinski definition) is 2. The number of rotatable bonds is 6. The molecule has 1 saturated carbocycles. The Bertz CT molecular complexity index is 262. The van der Waals surface area contributed by atoms with E-state index in [0.717, 1.165) is 38.5 Å². The zero-order chi connectivity index (χ0) is 12.7. The van der Waals surface area contributed by atoms with Crippen LogP contribution in [0, 0.1) is 0 Å². The van der Waals surface area contributed by atoms with Gasteiger partial charge in [0.25, 0.3) is 0 Å². The van der Waals surface area contributed by atoms with Crippen molar-refractivity contribution in [1.29, 1.82) is 0 Å². The standard InChI is InChI=1S/C12H22N2O3/c1-2-3-8-13-12(17)14(9-11(15)16)10-6-4-5-7-10/h10H,2-9H2,1H3,(H,13,17)(H,15,16). The zero-order valence-electron chi connectivity index (χ0n) is 10.4. The minimum Gasteiger partial charge on any atom is -0.480 e. The molecule has 0 unspecified atom stereocenters. The second-order valence-corrected chi connectivity index (χ2v) is 4.55. The first-order valence-corrected chi connectivity index (χ1v) is 6.41. The van der Waals surface area contributed by atoms with Crippen LogP contribution >= 0.6 is 0 Å². The summed E-state index contributed by atoms with van der Waals surface area (Å²) < 4.78 is 0. The summed E-state index contributed by atoms with van der Waals surface area (Å²) in [6.45, 7) is 2.49. The molecule has 17 heavy (non-hydrogen) atoms. The Kier molecular flexibility index (Phi) is 5.80.